The van der Waals surface area contributed by atoms with E-state index in [9.17, 15) is 4.79 Å². The molecule has 1 saturated heterocycles. The maximum absolute atomic E-state index is 12.5. The molecular formula is C16H20N6O2. The van der Waals surface area contributed by atoms with Gasteiger partial charge in [-0.05, 0) is 12.5 Å². The predicted octanol–water partition coefficient (Wildman–Crippen LogP) is 0.477. The molecule has 2 aromatic rings. The summed E-state index contributed by atoms with van der Waals surface area (Å²) in [5.41, 5.74) is 0.829. The largest absolute Gasteiger partial charge is 0.481 e. The molecule has 0 unspecified atom stereocenters. The number of piperazine rings is 1. The van der Waals surface area contributed by atoms with Gasteiger partial charge in [-0.3, -0.25) is 9.69 Å². The van der Waals surface area contributed by atoms with Gasteiger partial charge in [0.15, 0.2) is 0 Å². The third kappa shape index (κ3) is 2.73. The second-order valence-electron chi connectivity index (χ2n) is 6.10. The van der Waals surface area contributed by atoms with E-state index in [0.29, 0.717) is 25.5 Å². The molecular weight excluding hydrogens is 308 g/mol. The van der Waals surface area contributed by atoms with Crippen LogP contribution in [-0.2, 0) is 24.3 Å². The Morgan fingerprint density at radius 3 is 3.00 bits per heavy atom. The molecule has 0 radical (unpaired) electrons. The van der Waals surface area contributed by atoms with Crippen molar-refractivity contribution in [3.05, 3.63) is 30.0 Å². The normalized spacial score (nSPS) is 18.0. The number of pyridine rings is 1. The van der Waals surface area contributed by atoms with Gasteiger partial charge in [0.1, 0.15) is 11.6 Å². The fourth-order valence-corrected chi connectivity index (χ4v) is 3.34. The van der Waals surface area contributed by atoms with Crippen LogP contribution in [-0.4, -0.2) is 57.3 Å². The van der Waals surface area contributed by atoms with Crippen molar-refractivity contribution < 1.29 is 9.53 Å². The van der Waals surface area contributed by atoms with Crippen molar-refractivity contribution in [2.24, 2.45) is 0 Å². The molecule has 0 atom stereocenters. The summed E-state index contributed by atoms with van der Waals surface area (Å²) in [6, 6.07) is 3.63. The van der Waals surface area contributed by atoms with Crippen LogP contribution in [0.1, 0.15) is 18.1 Å². The molecule has 8 heteroatoms. The zero-order chi connectivity index (χ0) is 16.5. The van der Waals surface area contributed by atoms with Gasteiger partial charge in [-0.15, -0.1) is 10.2 Å². The van der Waals surface area contributed by atoms with Crippen LogP contribution in [0.25, 0.3) is 0 Å². The van der Waals surface area contributed by atoms with Gasteiger partial charge in [-0.1, -0.05) is 0 Å². The van der Waals surface area contributed by atoms with Crippen LogP contribution in [0.2, 0.25) is 0 Å². The van der Waals surface area contributed by atoms with E-state index in [1.165, 1.54) is 0 Å². The molecule has 4 heterocycles. The summed E-state index contributed by atoms with van der Waals surface area (Å²) in [7, 11) is 1.57. The first-order chi connectivity index (χ1) is 11.7. The second-order valence-corrected chi connectivity index (χ2v) is 6.10. The van der Waals surface area contributed by atoms with E-state index in [1.807, 2.05) is 6.07 Å². The molecule has 0 aliphatic carbocycles. The Bertz CT molecular complexity index is 759. The molecule has 2 aliphatic rings. The summed E-state index contributed by atoms with van der Waals surface area (Å²) in [6.45, 7) is 3.49. The number of ether oxygens (including phenoxy) is 1. The summed E-state index contributed by atoms with van der Waals surface area (Å²) >= 11 is 0. The molecule has 0 bridgehead atoms. The fraction of sp³-hybridized carbons (Fsp3) is 0.500. The number of rotatable bonds is 4. The Morgan fingerprint density at radius 2 is 2.17 bits per heavy atom. The van der Waals surface area contributed by atoms with E-state index in [1.54, 1.807) is 24.3 Å². The van der Waals surface area contributed by atoms with Gasteiger partial charge in [-0.2, -0.15) is 0 Å². The van der Waals surface area contributed by atoms with Crippen molar-refractivity contribution in [3.63, 3.8) is 0 Å². The first-order valence-electron chi connectivity index (χ1n) is 8.18. The van der Waals surface area contributed by atoms with Crippen molar-refractivity contribution in [1.82, 2.24) is 24.6 Å². The maximum atomic E-state index is 12.5. The third-order valence-corrected chi connectivity index (χ3v) is 4.59. The summed E-state index contributed by atoms with van der Waals surface area (Å²) < 4.78 is 7.32. The van der Waals surface area contributed by atoms with E-state index < -0.39 is 0 Å². The summed E-state index contributed by atoms with van der Waals surface area (Å²) in [5, 5.41) is 8.51. The molecule has 4 rings (SSSR count). The van der Waals surface area contributed by atoms with Crippen LogP contribution in [0.3, 0.4) is 0 Å². The molecule has 0 aromatic carbocycles. The van der Waals surface area contributed by atoms with Crippen molar-refractivity contribution in [3.8, 4) is 5.88 Å². The van der Waals surface area contributed by atoms with Gasteiger partial charge in [0.25, 0.3) is 0 Å². The van der Waals surface area contributed by atoms with Crippen molar-refractivity contribution >= 4 is 11.6 Å². The summed E-state index contributed by atoms with van der Waals surface area (Å²) in [4.78, 5) is 20.6. The van der Waals surface area contributed by atoms with Crippen LogP contribution >= 0.6 is 0 Å². The number of carbonyl (C=O) groups is 1. The van der Waals surface area contributed by atoms with E-state index in [0.717, 1.165) is 43.3 Å². The minimum absolute atomic E-state index is 0.0793. The standard InChI is InChI=1S/C16H20N6O2/c1-24-15-9-12(4-5-17-15)21-8-7-20(11-16(21)23)10-14-19-18-13-3-2-6-22(13)14/h4-5,9H,2-3,6-8,10-11H2,1H3. The number of aromatic nitrogens is 4. The molecule has 1 fully saturated rings. The summed E-state index contributed by atoms with van der Waals surface area (Å²) in [6.07, 6.45) is 3.80. The van der Waals surface area contributed by atoms with Gasteiger partial charge in [-0.25, -0.2) is 4.98 Å². The molecule has 1 amide bonds. The smallest absolute Gasteiger partial charge is 0.241 e. The Labute approximate surface area is 140 Å². The Kier molecular flexibility index (Phi) is 3.89. The number of amides is 1. The van der Waals surface area contributed by atoms with E-state index in [2.05, 4.69) is 24.6 Å². The van der Waals surface area contributed by atoms with Crippen LogP contribution < -0.4 is 9.64 Å². The van der Waals surface area contributed by atoms with Gasteiger partial charge in [0, 0.05) is 38.3 Å². The van der Waals surface area contributed by atoms with Crippen molar-refractivity contribution in [2.45, 2.75) is 25.9 Å². The van der Waals surface area contributed by atoms with Crippen molar-refractivity contribution in [2.75, 3.05) is 31.6 Å². The number of methoxy groups -OCH3 is 1. The fourth-order valence-electron chi connectivity index (χ4n) is 3.34. The molecule has 2 aromatic heterocycles. The number of hydrogen-bond acceptors (Lipinski definition) is 6. The number of aryl methyl sites for hydroxylation is 1. The minimum Gasteiger partial charge on any atom is -0.481 e. The first kappa shape index (κ1) is 15.1. The highest BCUT2D eigenvalue weighted by Gasteiger charge is 2.27. The number of fused-ring (bicyclic) bond motifs is 1. The molecule has 126 valence electrons. The number of nitrogens with zero attached hydrogens (tertiary/aromatic N) is 6. The average molecular weight is 328 g/mol. The lowest BCUT2D eigenvalue weighted by atomic mass is 10.2. The molecule has 0 N–H and O–H groups in total. The third-order valence-electron chi connectivity index (χ3n) is 4.59. The Morgan fingerprint density at radius 1 is 1.25 bits per heavy atom. The first-order valence-corrected chi connectivity index (χ1v) is 8.18. The Balaban J connectivity index is 1.43. The number of hydrogen-bond donors (Lipinski definition) is 0. The van der Waals surface area contributed by atoms with E-state index >= 15 is 0 Å². The van der Waals surface area contributed by atoms with E-state index in [-0.39, 0.29) is 5.91 Å². The highest BCUT2D eigenvalue weighted by Crippen LogP contribution is 2.22. The quantitative estimate of drug-likeness (QED) is 0.812. The zero-order valence-corrected chi connectivity index (χ0v) is 13.7. The van der Waals surface area contributed by atoms with E-state index in [4.69, 9.17) is 4.74 Å². The zero-order valence-electron chi connectivity index (χ0n) is 13.7. The van der Waals surface area contributed by atoms with Crippen molar-refractivity contribution in [1.29, 1.82) is 0 Å². The SMILES string of the molecule is COc1cc(N2CCN(Cc3nnc4n3CCC4)CC2=O)ccn1. The highest BCUT2D eigenvalue weighted by molar-refractivity contribution is 5.95. The van der Waals surface area contributed by atoms with Crippen LogP contribution in [0.15, 0.2) is 18.3 Å². The Hall–Kier alpha value is -2.48. The van der Waals surface area contributed by atoms with Crippen LogP contribution in [0.5, 0.6) is 5.88 Å². The molecule has 8 nitrogen and oxygen atoms in total. The second kappa shape index (κ2) is 6.20. The lowest BCUT2D eigenvalue weighted by Crippen LogP contribution is -2.50. The van der Waals surface area contributed by atoms with Crippen LogP contribution in [0, 0.1) is 0 Å². The highest BCUT2D eigenvalue weighted by atomic mass is 16.5. The van der Waals surface area contributed by atoms with Crippen LogP contribution in [0.4, 0.5) is 5.69 Å². The van der Waals surface area contributed by atoms with Gasteiger partial charge in [0.2, 0.25) is 11.8 Å². The molecule has 0 saturated carbocycles. The molecule has 2 aliphatic heterocycles. The average Bonchev–Trinajstić information content (AvgIpc) is 3.20. The molecule has 0 spiro atoms. The lowest BCUT2D eigenvalue weighted by Gasteiger charge is -2.34. The minimum atomic E-state index is 0.0793. The molecule has 24 heavy (non-hydrogen) atoms. The van der Waals surface area contributed by atoms with Gasteiger partial charge in [0.05, 0.1) is 25.9 Å². The topological polar surface area (TPSA) is 76.4 Å². The predicted molar refractivity (Wildman–Crippen MR) is 86.8 cm³/mol. The lowest BCUT2D eigenvalue weighted by molar-refractivity contribution is -0.121. The van der Waals surface area contributed by atoms with Gasteiger partial charge >= 0.3 is 0 Å². The maximum Gasteiger partial charge on any atom is 0.241 e. The number of anilines is 1. The summed E-state index contributed by atoms with van der Waals surface area (Å²) in [5.74, 6) is 2.63. The van der Waals surface area contributed by atoms with Gasteiger partial charge < -0.3 is 14.2 Å². The number of carbonyl (C=O) groups excluding carboxylic acids is 1. The monoisotopic (exact) mass is 328 g/mol.